The standard InChI is InChI=1S/C18H19N3O3/c1-4-21-11-14(13-6-5-9-19-17(13)21)18(22)20-12-7-8-15(23-2)16(10-12)24-3/h5-11H,4H2,1-3H3,(H,20,22). The number of amides is 1. The van der Waals surface area contributed by atoms with E-state index >= 15 is 0 Å². The van der Waals surface area contributed by atoms with Crippen LogP contribution in [0.25, 0.3) is 11.0 Å². The van der Waals surface area contributed by atoms with Crippen LogP contribution in [0.4, 0.5) is 5.69 Å². The number of carbonyl (C=O) groups excluding carboxylic acids is 1. The van der Waals surface area contributed by atoms with Gasteiger partial charge >= 0.3 is 0 Å². The zero-order valence-electron chi connectivity index (χ0n) is 13.9. The summed E-state index contributed by atoms with van der Waals surface area (Å²) in [7, 11) is 3.13. The van der Waals surface area contributed by atoms with Crippen LogP contribution in [-0.4, -0.2) is 29.7 Å². The summed E-state index contributed by atoms with van der Waals surface area (Å²) in [5.41, 5.74) is 2.03. The molecule has 0 spiro atoms. The summed E-state index contributed by atoms with van der Waals surface area (Å²) in [4.78, 5) is 17.0. The Hall–Kier alpha value is -3.02. The Morgan fingerprint density at radius 2 is 2.00 bits per heavy atom. The van der Waals surface area contributed by atoms with Crippen molar-refractivity contribution in [1.82, 2.24) is 9.55 Å². The predicted molar refractivity (Wildman–Crippen MR) is 92.9 cm³/mol. The Balaban J connectivity index is 1.93. The highest BCUT2D eigenvalue weighted by atomic mass is 16.5. The van der Waals surface area contributed by atoms with E-state index in [1.165, 1.54) is 0 Å². The molecule has 0 saturated carbocycles. The maximum Gasteiger partial charge on any atom is 0.257 e. The van der Waals surface area contributed by atoms with E-state index in [0.717, 1.165) is 17.6 Å². The second-order valence-electron chi connectivity index (χ2n) is 5.23. The minimum Gasteiger partial charge on any atom is -0.493 e. The number of hydrogen-bond donors (Lipinski definition) is 1. The van der Waals surface area contributed by atoms with Crippen molar-refractivity contribution in [2.75, 3.05) is 19.5 Å². The number of ether oxygens (including phenoxy) is 2. The van der Waals surface area contributed by atoms with Crippen LogP contribution in [0.1, 0.15) is 17.3 Å². The van der Waals surface area contributed by atoms with Crippen LogP contribution in [0.5, 0.6) is 11.5 Å². The number of nitrogens with zero attached hydrogens (tertiary/aromatic N) is 2. The van der Waals surface area contributed by atoms with Crippen molar-refractivity contribution in [2.45, 2.75) is 13.5 Å². The number of rotatable bonds is 5. The van der Waals surface area contributed by atoms with Gasteiger partial charge in [-0.25, -0.2) is 4.98 Å². The molecule has 0 bridgehead atoms. The molecular weight excluding hydrogens is 306 g/mol. The number of pyridine rings is 1. The summed E-state index contributed by atoms with van der Waals surface area (Å²) < 4.78 is 12.4. The molecule has 0 aliphatic heterocycles. The van der Waals surface area contributed by atoms with E-state index in [4.69, 9.17) is 9.47 Å². The molecule has 0 aliphatic rings. The minimum absolute atomic E-state index is 0.188. The molecule has 0 saturated heterocycles. The van der Waals surface area contributed by atoms with Gasteiger partial charge in [0.15, 0.2) is 11.5 Å². The Bertz CT molecular complexity index is 886. The maximum atomic E-state index is 12.7. The zero-order valence-corrected chi connectivity index (χ0v) is 13.9. The van der Waals surface area contributed by atoms with Gasteiger partial charge in [0, 0.05) is 36.1 Å². The highest BCUT2D eigenvalue weighted by Crippen LogP contribution is 2.30. The van der Waals surface area contributed by atoms with Crippen LogP contribution in [0.2, 0.25) is 0 Å². The van der Waals surface area contributed by atoms with E-state index in [-0.39, 0.29) is 5.91 Å². The summed E-state index contributed by atoms with van der Waals surface area (Å²) in [6.07, 6.45) is 3.55. The molecule has 2 heterocycles. The molecular formula is C18H19N3O3. The van der Waals surface area contributed by atoms with Gasteiger partial charge in [0.2, 0.25) is 0 Å². The number of aryl methyl sites for hydroxylation is 1. The zero-order chi connectivity index (χ0) is 17.1. The lowest BCUT2D eigenvalue weighted by Gasteiger charge is -2.10. The van der Waals surface area contributed by atoms with E-state index in [9.17, 15) is 4.79 Å². The molecule has 0 radical (unpaired) electrons. The van der Waals surface area contributed by atoms with Gasteiger partial charge < -0.3 is 19.4 Å². The van der Waals surface area contributed by atoms with Crippen LogP contribution in [0.3, 0.4) is 0 Å². The number of hydrogen-bond acceptors (Lipinski definition) is 4. The van der Waals surface area contributed by atoms with E-state index in [0.29, 0.717) is 22.7 Å². The lowest BCUT2D eigenvalue weighted by Crippen LogP contribution is -2.11. The number of aromatic nitrogens is 2. The molecule has 0 aliphatic carbocycles. The lowest BCUT2D eigenvalue weighted by molar-refractivity contribution is 0.102. The van der Waals surface area contributed by atoms with Crippen LogP contribution >= 0.6 is 0 Å². The molecule has 24 heavy (non-hydrogen) atoms. The Morgan fingerprint density at radius 1 is 1.21 bits per heavy atom. The molecule has 1 N–H and O–H groups in total. The van der Waals surface area contributed by atoms with Crippen molar-refractivity contribution in [3.05, 3.63) is 48.3 Å². The first-order chi connectivity index (χ1) is 11.7. The Kier molecular flexibility index (Phi) is 4.37. The first-order valence-electron chi connectivity index (χ1n) is 7.65. The molecule has 0 atom stereocenters. The van der Waals surface area contributed by atoms with Crippen LogP contribution in [-0.2, 0) is 6.54 Å². The third-order valence-electron chi connectivity index (χ3n) is 3.86. The molecule has 1 aromatic carbocycles. The third-order valence-corrected chi connectivity index (χ3v) is 3.86. The van der Waals surface area contributed by atoms with E-state index in [2.05, 4.69) is 10.3 Å². The molecule has 1 amide bonds. The summed E-state index contributed by atoms with van der Waals surface area (Å²) in [6.45, 7) is 2.77. The molecule has 0 unspecified atom stereocenters. The number of anilines is 1. The van der Waals surface area contributed by atoms with Crippen molar-refractivity contribution in [3.8, 4) is 11.5 Å². The fraction of sp³-hybridized carbons (Fsp3) is 0.222. The maximum absolute atomic E-state index is 12.7. The molecule has 3 rings (SSSR count). The van der Waals surface area contributed by atoms with Gasteiger partial charge in [0.25, 0.3) is 5.91 Å². The molecule has 0 fully saturated rings. The van der Waals surface area contributed by atoms with Gasteiger partial charge in [-0.15, -0.1) is 0 Å². The topological polar surface area (TPSA) is 65.4 Å². The predicted octanol–water partition coefficient (Wildman–Crippen LogP) is 3.33. The molecule has 6 nitrogen and oxygen atoms in total. The summed E-state index contributed by atoms with van der Waals surface area (Å²) in [5, 5.41) is 3.73. The first kappa shape index (κ1) is 15.9. The second kappa shape index (κ2) is 6.62. The minimum atomic E-state index is -0.188. The van der Waals surface area contributed by atoms with Crippen molar-refractivity contribution in [3.63, 3.8) is 0 Å². The summed E-state index contributed by atoms with van der Waals surface area (Å²) >= 11 is 0. The van der Waals surface area contributed by atoms with E-state index < -0.39 is 0 Å². The molecule has 3 aromatic rings. The van der Waals surface area contributed by atoms with Crippen molar-refractivity contribution >= 4 is 22.6 Å². The lowest BCUT2D eigenvalue weighted by atomic mass is 10.2. The van der Waals surface area contributed by atoms with E-state index in [1.54, 1.807) is 38.6 Å². The smallest absolute Gasteiger partial charge is 0.257 e. The molecule has 124 valence electrons. The van der Waals surface area contributed by atoms with Crippen molar-refractivity contribution < 1.29 is 14.3 Å². The van der Waals surface area contributed by atoms with Crippen molar-refractivity contribution in [1.29, 1.82) is 0 Å². The Labute approximate surface area is 140 Å². The fourth-order valence-corrected chi connectivity index (χ4v) is 2.66. The van der Waals surface area contributed by atoms with Crippen LogP contribution < -0.4 is 14.8 Å². The van der Waals surface area contributed by atoms with E-state index in [1.807, 2.05) is 29.8 Å². The summed E-state index contributed by atoms with van der Waals surface area (Å²) in [6, 6.07) is 8.99. The van der Waals surface area contributed by atoms with Gasteiger partial charge in [-0.3, -0.25) is 4.79 Å². The van der Waals surface area contributed by atoms with Crippen LogP contribution in [0.15, 0.2) is 42.7 Å². The van der Waals surface area contributed by atoms with Gasteiger partial charge in [-0.1, -0.05) is 0 Å². The van der Waals surface area contributed by atoms with Gasteiger partial charge in [-0.05, 0) is 31.2 Å². The largest absolute Gasteiger partial charge is 0.493 e. The van der Waals surface area contributed by atoms with Gasteiger partial charge in [0.05, 0.1) is 19.8 Å². The number of nitrogens with one attached hydrogen (secondary N) is 1. The fourth-order valence-electron chi connectivity index (χ4n) is 2.66. The number of carbonyl (C=O) groups is 1. The monoisotopic (exact) mass is 325 g/mol. The normalized spacial score (nSPS) is 10.6. The SMILES string of the molecule is CCn1cc(C(=O)Nc2ccc(OC)c(OC)c2)c2cccnc21. The quantitative estimate of drug-likeness (QED) is 0.781. The molecule has 6 heteroatoms. The highest BCUT2D eigenvalue weighted by molar-refractivity contribution is 6.12. The number of methoxy groups -OCH3 is 2. The highest BCUT2D eigenvalue weighted by Gasteiger charge is 2.16. The molecule has 2 aromatic heterocycles. The number of fused-ring (bicyclic) bond motifs is 1. The van der Waals surface area contributed by atoms with Gasteiger partial charge in [0.1, 0.15) is 5.65 Å². The second-order valence-corrected chi connectivity index (χ2v) is 5.23. The average molecular weight is 325 g/mol. The average Bonchev–Trinajstić information content (AvgIpc) is 3.00. The first-order valence-corrected chi connectivity index (χ1v) is 7.65. The third kappa shape index (κ3) is 2.78. The van der Waals surface area contributed by atoms with Crippen LogP contribution in [0, 0.1) is 0 Å². The van der Waals surface area contributed by atoms with Gasteiger partial charge in [-0.2, -0.15) is 0 Å². The number of benzene rings is 1. The Morgan fingerprint density at radius 3 is 2.71 bits per heavy atom. The van der Waals surface area contributed by atoms with Crippen molar-refractivity contribution in [2.24, 2.45) is 0 Å². The summed E-state index contributed by atoms with van der Waals surface area (Å²) in [5.74, 6) is 0.989.